The quantitative estimate of drug-likeness (QED) is 0.166. The van der Waals surface area contributed by atoms with Crippen molar-refractivity contribution in [2.24, 2.45) is 5.10 Å². The Morgan fingerprint density at radius 2 is 1.77 bits per heavy atom. The molecule has 1 aromatic heterocycles. The maximum absolute atomic E-state index is 6.19. The topological polar surface area (TPSA) is 90.3 Å². The minimum Gasteiger partial charge on any atom is -0.457 e. The van der Waals surface area contributed by atoms with Crippen LogP contribution in [0.3, 0.4) is 0 Å². The number of para-hydroxylation sites is 1. The van der Waals surface area contributed by atoms with E-state index in [0.717, 1.165) is 22.6 Å². The van der Waals surface area contributed by atoms with Crippen molar-refractivity contribution < 1.29 is 4.74 Å². The predicted molar refractivity (Wildman–Crippen MR) is 125 cm³/mol. The minimum atomic E-state index is 0.328. The van der Waals surface area contributed by atoms with Crippen molar-refractivity contribution in [3.8, 4) is 11.5 Å². The molecule has 4 rings (SSSR count). The molecule has 0 amide bonds. The molecule has 0 bridgehead atoms. The Kier molecular flexibility index (Phi) is 6.71. The molecule has 3 aromatic carbocycles. The monoisotopic (exact) mass is 450 g/mol. The van der Waals surface area contributed by atoms with Gasteiger partial charge in [0.25, 0.3) is 5.95 Å². The Labute approximate surface area is 188 Å². The zero-order valence-corrected chi connectivity index (χ0v) is 17.9. The zero-order chi connectivity index (χ0) is 21.5. The molecule has 9 heteroatoms. The molecule has 0 saturated carbocycles. The third-order valence-corrected chi connectivity index (χ3v) is 5.55. The van der Waals surface area contributed by atoms with Gasteiger partial charge in [-0.1, -0.05) is 71.9 Å². The number of hydrazone groups is 1. The van der Waals surface area contributed by atoms with E-state index in [1.54, 1.807) is 6.21 Å². The molecular formula is C22H19ClN6OS. The van der Waals surface area contributed by atoms with E-state index in [9.17, 15) is 0 Å². The second kappa shape index (κ2) is 10.0. The Balaban J connectivity index is 1.36. The summed E-state index contributed by atoms with van der Waals surface area (Å²) in [5.41, 5.74) is 4.67. The van der Waals surface area contributed by atoms with Gasteiger partial charge in [0.15, 0.2) is 0 Å². The number of nitrogens with one attached hydrogen (secondary N) is 1. The SMILES string of the molecule is Nn1c(N/N=C/c2cccc(Oc3ccccc3)c2)nnc1SCc1ccccc1Cl. The fourth-order valence-corrected chi connectivity index (χ4v) is 3.80. The summed E-state index contributed by atoms with van der Waals surface area (Å²) < 4.78 is 7.19. The number of benzene rings is 3. The summed E-state index contributed by atoms with van der Waals surface area (Å²) in [6.07, 6.45) is 1.66. The van der Waals surface area contributed by atoms with Gasteiger partial charge in [-0.2, -0.15) is 5.10 Å². The van der Waals surface area contributed by atoms with Gasteiger partial charge in [0.2, 0.25) is 5.16 Å². The fourth-order valence-electron chi connectivity index (χ4n) is 2.66. The van der Waals surface area contributed by atoms with Gasteiger partial charge in [-0.05, 0) is 41.5 Å². The van der Waals surface area contributed by atoms with Gasteiger partial charge in [0.05, 0.1) is 6.21 Å². The zero-order valence-electron chi connectivity index (χ0n) is 16.4. The number of thioether (sulfide) groups is 1. The van der Waals surface area contributed by atoms with E-state index in [2.05, 4.69) is 20.7 Å². The molecule has 0 fully saturated rings. The van der Waals surface area contributed by atoms with Crippen LogP contribution in [0.1, 0.15) is 11.1 Å². The third kappa shape index (κ3) is 5.56. The maximum Gasteiger partial charge on any atom is 0.264 e. The lowest BCUT2D eigenvalue weighted by Crippen LogP contribution is -2.13. The first kappa shape index (κ1) is 20.8. The predicted octanol–water partition coefficient (Wildman–Crippen LogP) is 5.18. The molecule has 156 valence electrons. The van der Waals surface area contributed by atoms with Crippen molar-refractivity contribution in [1.82, 2.24) is 14.9 Å². The molecule has 0 spiro atoms. The Morgan fingerprint density at radius 1 is 1.00 bits per heavy atom. The van der Waals surface area contributed by atoms with Crippen molar-refractivity contribution in [2.75, 3.05) is 11.3 Å². The summed E-state index contributed by atoms with van der Waals surface area (Å²) in [6, 6.07) is 24.8. The molecule has 0 aliphatic rings. The lowest BCUT2D eigenvalue weighted by Gasteiger charge is -2.06. The molecule has 3 N–H and O–H groups in total. The van der Waals surface area contributed by atoms with E-state index in [-0.39, 0.29) is 0 Å². The normalized spacial score (nSPS) is 11.0. The number of anilines is 1. The van der Waals surface area contributed by atoms with Gasteiger partial charge in [0.1, 0.15) is 11.5 Å². The second-order valence-corrected chi connectivity index (χ2v) is 7.76. The highest BCUT2D eigenvalue weighted by molar-refractivity contribution is 7.98. The number of hydrogen-bond donors (Lipinski definition) is 2. The lowest BCUT2D eigenvalue weighted by atomic mass is 10.2. The van der Waals surface area contributed by atoms with Gasteiger partial charge >= 0.3 is 0 Å². The van der Waals surface area contributed by atoms with Crippen LogP contribution in [0.4, 0.5) is 5.95 Å². The van der Waals surface area contributed by atoms with E-state index in [4.69, 9.17) is 22.2 Å². The van der Waals surface area contributed by atoms with Gasteiger partial charge in [-0.15, -0.1) is 10.2 Å². The van der Waals surface area contributed by atoms with Crippen LogP contribution in [0.15, 0.2) is 89.1 Å². The number of nitrogens with two attached hydrogens (primary N) is 1. The maximum atomic E-state index is 6.19. The Bertz CT molecular complexity index is 1180. The van der Waals surface area contributed by atoms with Crippen molar-refractivity contribution in [2.45, 2.75) is 10.9 Å². The fraction of sp³-hybridized carbons (Fsp3) is 0.0455. The summed E-state index contributed by atoms with van der Waals surface area (Å²) in [5.74, 6) is 8.53. The summed E-state index contributed by atoms with van der Waals surface area (Å²) in [4.78, 5) is 0. The van der Waals surface area contributed by atoms with Crippen LogP contribution in [0.5, 0.6) is 11.5 Å². The van der Waals surface area contributed by atoms with E-state index in [1.807, 2.05) is 78.9 Å². The van der Waals surface area contributed by atoms with Crippen LogP contribution in [0.25, 0.3) is 0 Å². The van der Waals surface area contributed by atoms with E-state index in [1.165, 1.54) is 16.4 Å². The average molecular weight is 451 g/mol. The smallest absolute Gasteiger partial charge is 0.264 e. The van der Waals surface area contributed by atoms with Crippen LogP contribution in [0, 0.1) is 0 Å². The molecule has 0 unspecified atom stereocenters. The molecule has 0 aliphatic heterocycles. The van der Waals surface area contributed by atoms with Crippen molar-refractivity contribution in [1.29, 1.82) is 0 Å². The molecule has 0 aliphatic carbocycles. The average Bonchev–Trinajstić information content (AvgIpc) is 3.14. The highest BCUT2D eigenvalue weighted by Crippen LogP contribution is 2.26. The van der Waals surface area contributed by atoms with E-state index >= 15 is 0 Å². The number of nitrogens with zero attached hydrogens (tertiary/aromatic N) is 4. The van der Waals surface area contributed by atoms with Gasteiger partial charge in [-0.3, -0.25) is 0 Å². The summed E-state index contributed by atoms with van der Waals surface area (Å²) in [6.45, 7) is 0. The number of rotatable bonds is 8. The van der Waals surface area contributed by atoms with Gasteiger partial charge in [0, 0.05) is 10.8 Å². The summed E-state index contributed by atoms with van der Waals surface area (Å²) >= 11 is 7.63. The van der Waals surface area contributed by atoms with Crippen LogP contribution >= 0.6 is 23.4 Å². The summed E-state index contributed by atoms with van der Waals surface area (Å²) in [5, 5.41) is 13.6. The molecule has 0 atom stereocenters. The number of nitrogen functional groups attached to an aromatic ring is 1. The van der Waals surface area contributed by atoms with Crippen LogP contribution in [-0.2, 0) is 5.75 Å². The Morgan fingerprint density at radius 3 is 2.61 bits per heavy atom. The molecule has 0 radical (unpaired) electrons. The van der Waals surface area contributed by atoms with E-state index in [0.29, 0.717) is 21.9 Å². The van der Waals surface area contributed by atoms with Crippen LogP contribution in [-0.4, -0.2) is 21.1 Å². The first-order chi connectivity index (χ1) is 15.2. The number of halogens is 1. The third-order valence-electron chi connectivity index (χ3n) is 4.19. The first-order valence-electron chi connectivity index (χ1n) is 9.38. The number of ether oxygens (including phenoxy) is 1. The second-order valence-electron chi connectivity index (χ2n) is 6.41. The largest absolute Gasteiger partial charge is 0.457 e. The standard InChI is InChI=1S/C22H19ClN6OS/c23-20-12-5-4-8-17(20)15-31-22-28-27-21(29(22)24)26-25-14-16-7-6-11-19(13-16)30-18-9-2-1-3-10-18/h1-14H,15,24H2,(H,26,27)/b25-14+. The first-order valence-corrected chi connectivity index (χ1v) is 10.7. The highest BCUT2D eigenvalue weighted by atomic mass is 35.5. The lowest BCUT2D eigenvalue weighted by molar-refractivity contribution is 0.482. The molecule has 7 nitrogen and oxygen atoms in total. The Hall–Kier alpha value is -3.49. The minimum absolute atomic E-state index is 0.328. The molecule has 0 saturated heterocycles. The molecule has 1 heterocycles. The van der Waals surface area contributed by atoms with E-state index < -0.39 is 0 Å². The van der Waals surface area contributed by atoms with Crippen LogP contribution in [0.2, 0.25) is 5.02 Å². The van der Waals surface area contributed by atoms with Crippen LogP contribution < -0.4 is 16.0 Å². The molecular weight excluding hydrogens is 432 g/mol. The highest BCUT2D eigenvalue weighted by Gasteiger charge is 2.10. The molecule has 4 aromatic rings. The van der Waals surface area contributed by atoms with Gasteiger partial charge in [-0.25, -0.2) is 10.1 Å². The van der Waals surface area contributed by atoms with Crippen molar-refractivity contribution in [3.05, 3.63) is 95.0 Å². The number of hydrogen-bond acceptors (Lipinski definition) is 7. The summed E-state index contributed by atoms with van der Waals surface area (Å²) in [7, 11) is 0. The molecule has 31 heavy (non-hydrogen) atoms. The van der Waals surface area contributed by atoms with Crippen molar-refractivity contribution in [3.63, 3.8) is 0 Å². The number of aromatic nitrogens is 3. The van der Waals surface area contributed by atoms with Gasteiger partial charge < -0.3 is 10.6 Å². The van der Waals surface area contributed by atoms with Crippen molar-refractivity contribution >= 4 is 35.5 Å².